The molecule has 0 spiro atoms. The van der Waals surface area contributed by atoms with Crippen LogP contribution in [0.15, 0.2) is 12.4 Å². The van der Waals surface area contributed by atoms with Crippen molar-refractivity contribution < 1.29 is 0 Å². The van der Waals surface area contributed by atoms with Gasteiger partial charge in [-0.15, -0.1) is 0 Å². The second-order valence-electron chi connectivity index (χ2n) is 3.50. The molecule has 0 bridgehead atoms. The molecule has 0 saturated heterocycles. The van der Waals surface area contributed by atoms with Gasteiger partial charge in [0.15, 0.2) is 0 Å². The highest BCUT2D eigenvalue weighted by Crippen LogP contribution is 2.09. The van der Waals surface area contributed by atoms with Crippen LogP contribution < -0.4 is 0 Å². The largest absolute Gasteiger partial charge is 0.335 e. The van der Waals surface area contributed by atoms with Crippen LogP contribution in [0.25, 0.3) is 0 Å². The minimum absolute atomic E-state index is 0.665. The van der Waals surface area contributed by atoms with Gasteiger partial charge in [-0.1, -0.05) is 29.8 Å². The van der Waals surface area contributed by atoms with Crippen LogP contribution in [0.3, 0.4) is 0 Å². The van der Waals surface area contributed by atoms with Crippen LogP contribution in [-0.4, -0.2) is 14.9 Å². The van der Waals surface area contributed by atoms with E-state index in [4.69, 9.17) is 0 Å². The zero-order valence-electron chi connectivity index (χ0n) is 8.33. The molecule has 0 aliphatic carbocycles. The highest BCUT2D eigenvalue weighted by Gasteiger charge is 2.06. The molecule has 1 atom stereocenters. The Morgan fingerprint density at radius 3 is 3.00 bits per heavy atom. The first-order valence-electron chi connectivity index (χ1n) is 4.83. The Morgan fingerprint density at radius 1 is 1.62 bits per heavy atom. The van der Waals surface area contributed by atoms with Crippen molar-refractivity contribution in [2.75, 3.05) is 5.33 Å². The molecule has 0 saturated carbocycles. The van der Waals surface area contributed by atoms with Gasteiger partial charge in [0.25, 0.3) is 0 Å². The van der Waals surface area contributed by atoms with Crippen LogP contribution >= 0.6 is 15.9 Å². The number of nitrogens with zero attached hydrogens (tertiary/aromatic N) is 2. The zero-order valence-corrected chi connectivity index (χ0v) is 9.92. The van der Waals surface area contributed by atoms with Crippen LogP contribution in [0.4, 0.5) is 0 Å². The highest BCUT2D eigenvalue weighted by atomic mass is 79.9. The van der Waals surface area contributed by atoms with E-state index in [0.29, 0.717) is 5.92 Å². The van der Waals surface area contributed by atoms with Crippen LogP contribution in [-0.2, 0) is 13.0 Å². The van der Waals surface area contributed by atoms with Crippen molar-refractivity contribution in [2.45, 2.75) is 33.2 Å². The molecule has 0 aliphatic rings. The van der Waals surface area contributed by atoms with Crippen molar-refractivity contribution in [3.63, 3.8) is 0 Å². The monoisotopic (exact) mass is 244 g/mol. The summed E-state index contributed by atoms with van der Waals surface area (Å²) in [5.41, 5.74) is 0. The zero-order chi connectivity index (χ0) is 9.68. The molecule has 2 nitrogen and oxygen atoms in total. The van der Waals surface area contributed by atoms with Crippen molar-refractivity contribution >= 4 is 15.9 Å². The quantitative estimate of drug-likeness (QED) is 0.729. The van der Waals surface area contributed by atoms with E-state index < -0.39 is 0 Å². The van der Waals surface area contributed by atoms with Crippen molar-refractivity contribution in [3.8, 4) is 0 Å². The van der Waals surface area contributed by atoms with E-state index in [2.05, 4.69) is 45.5 Å². The van der Waals surface area contributed by atoms with Crippen molar-refractivity contribution in [1.82, 2.24) is 9.55 Å². The van der Waals surface area contributed by atoms with Gasteiger partial charge in [-0.3, -0.25) is 0 Å². The molecular formula is C10H17BrN2. The SMILES string of the molecule is CCCn1ccnc1CC(C)CBr. The molecule has 1 unspecified atom stereocenters. The first-order chi connectivity index (χ1) is 6.27. The smallest absolute Gasteiger partial charge is 0.108 e. The molecular weight excluding hydrogens is 228 g/mol. The summed E-state index contributed by atoms with van der Waals surface area (Å²) in [6.45, 7) is 5.52. The Labute approximate surface area is 88.5 Å². The molecule has 1 aromatic rings. The Morgan fingerprint density at radius 2 is 2.38 bits per heavy atom. The molecule has 0 fully saturated rings. The fraction of sp³-hybridized carbons (Fsp3) is 0.700. The lowest BCUT2D eigenvalue weighted by molar-refractivity contribution is 0.574. The summed E-state index contributed by atoms with van der Waals surface area (Å²) in [5, 5.41) is 1.05. The molecule has 0 amide bonds. The molecule has 0 N–H and O–H groups in total. The average Bonchev–Trinajstić information content (AvgIpc) is 2.54. The topological polar surface area (TPSA) is 17.8 Å². The number of aromatic nitrogens is 2. The Kier molecular flexibility index (Phi) is 4.50. The predicted molar refractivity (Wildman–Crippen MR) is 59.2 cm³/mol. The summed E-state index contributed by atoms with van der Waals surface area (Å²) in [4.78, 5) is 4.36. The number of alkyl halides is 1. The molecule has 74 valence electrons. The maximum atomic E-state index is 4.36. The Hall–Kier alpha value is -0.310. The van der Waals surface area contributed by atoms with E-state index in [9.17, 15) is 0 Å². The summed E-state index contributed by atoms with van der Waals surface area (Å²) in [6.07, 6.45) is 6.20. The average molecular weight is 245 g/mol. The fourth-order valence-electron chi connectivity index (χ4n) is 1.34. The molecule has 1 heterocycles. The molecule has 0 radical (unpaired) electrons. The third-order valence-corrected chi connectivity index (χ3v) is 3.17. The maximum absolute atomic E-state index is 4.36. The van der Waals surface area contributed by atoms with Crippen LogP contribution in [0, 0.1) is 5.92 Å². The summed E-state index contributed by atoms with van der Waals surface area (Å²) < 4.78 is 2.25. The van der Waals surface area contributed by atoms with Crippen molar-refractivity contribution in [1.29, 1.82) is 0 Å². The summed E-state index contributed by atoms with van der Waals surface area (Å²) in [7, 11) is 0. The lowest BCUT2D eigenvalue weighted by Crippen LogP contribution is -2.08. The summed E-state index contributed by atoms with van der Waals surface area (Å²) >= 11 is 3.49. The van der Waals surface area contributed by atoms with Gasteiger partial charge in [0.05, 0.1) is 0 Å². The third kappa shape index (κ3) is 3.14. The lowest BCUT2D eigenvalue weighted by atomic mass is 10.1. The minimum atomic E-state index is 0.665. The van der Waals surface area contributed by atoms with Crippen molar-refractivity contribution in [2.24, 2.45) is 5.92 Å². The molecule has 1 aromatic heterocycles. The first-order valence-corrected chi connectivity index (χ1v) is 5.96. The van der Waals surface area contributed by atoms with Gasteiger partial charge in [0, 0.05) is 30.7 Å². The minimum Gasteiger partial charge on any atom is -0.335 e. The first kappa shape index (κ1) is 10.8. The van der Waals surface area contributed by atoms with Crippen LogP contribution in [0.1, 0.15) is 26.1 Å². The van der Waals surface area contributed by atoms with Gasteiger partial charge < -0.3 is 4.57 Å². The Bertz CT molecular complexity index is 245. The number of aryl methyl sites for hydroxylation is 1. The van der Waals surface area contributed by atoms with E-state index in [1.54, 1.807) is 0 Å². The van der Waals surface area contributed by atoms with E-state index in [1.807, 2.05) is 6.20 Å². The predicted octanol–water partition coefficient (Wildman–Crippen LogP) is 2.87. The number of rotatable bonds is 5. The van der Waals surface area contributed by atoms with E-state index in [1.165, 1.54) is 12.2 Å². The second-order valence-corrected chi connectivity index (χ2v) is 4.15. The van der Waals surface area contributed by atoms with E-state index in [0.717, 1.165) is 18.3 Å². The van der Waals surface area contributed by atoms with Gasteiger partial charge in [-0.2, -0.15) is 0 Å². The molecule has 13 heavy (non-hydrogen) atoms. The standard InChI is InChI=1S/C10H17BrN2/c1-3-5-13-6-4-12-10(13)7-9(2)8-11/h4,6,9H,3,5,7-8H2,1-2H3. The van der Waals surface area contributed by atoms with E-state index >= 15 is 0 Å². The molecule has 3 heteroatoms. The molecule has 0 aliphatic heterocycles. The summed E-state index contributed by atoms with van der Waals surface area (Å²) in [6, 6.07) is 0. The van der Waals surface area contributed by atoms with Gasteiger partial charge in [-0.05, 0) is 12.3 Å². The fourth-order valence-corrected chi connectivity index (χ4v) is 1.57. The normalized spacial score (nSPS) is 13.2. The van der Waals surface area contributed by atoms with Gasteiger partial charge in [0.1, 0.15) is 5.82 Å². The highest BCUT2D eigenvalue weighted by molar-refractivity contribution is 9.09. The number of imidazole rings is 1. The number of hydrogen-bond donors (Lipinski definition) is 0. The molecule has 0 aromatic carbocycles. The van der Waals surface area contributed by atoms with Crippen LogP contribution in [0.2, 0.25) is 0 Å². The van der Waals surface area contributed by atoms with Crippen molar-refractivity contribution in [3.05, 3.63) is 18.2 Å². The third-order valence-electron chi connectivity index (χ3n) is 2.06. The Balaban J connectivity index is 2.59. The van der Waals surface area contributed by atoms with Gasteiger partial charge in [0.2, 0.25) is 0 Å². The second kappa shape index (κ2) is 5.43. The van der Waals surface area contributed by atoms with Gasteiger partial charge >= 0.3 is 0 Å². The molecule has 1 rings (SSSR count). The van der Waals surface area contributed by atoms with E-state index in [-0.39, 0.29) is 0 Å². The lowest BCUT2D eigenvalue weighted by Gasteiger charge is -2.09. The van der Waals surface area contributed by atoms with Gasteiger partial charge in [-0.25, -0.2) is 4.98 Å². The number of hydrogen-bond acceptors (Lipinski definition) is 1. The van der Waals surface area contributed by atoms with Crippen LogP contribution in [0.5, 0.6) is 0 Å². The number of halogens is 1. The maximum Gasteiger partial charge on any atom is 0.108 e. The summed E-state index contributed by atoms with van der Waals surface area (Å²) in [5.74, 6) is 1.88.